The molecule has 2 fully saturated rings. The van der Waals surface area contributed by atoms with E-state index in [0.717, 1.165) is 56.0 Å². The Morgan fingerprint density at radius 2 is 1.70 bits per heavy atom. The van der Waals surface area contributed by atoms with Crippen LogP contribution in [0.5, 0.6) is 5.75 Å². The average Bonchev–Trinajstić information content (AvgIpc) is 3.86. The first-order chi connectivity index (χ1) is 25.9. The first kappa shape index (κ1) is 43.4. The van der Waals surface area contributed by atoms with Gasteiger partial charge in [-0.1, -0.05) is 51.0 Å². The van der Waals surface area contributed by atoms with Gasteiger partial charge in [-0.3, -0.25) is 14.4 Å². The van der Waals surface area contributed by atoms with Gasteiger partial charge in [0, 0.05) is 39.2 Å². The number of likely N-dealkylation sites (N-methyl/N-ethyl adjacent to an activating group) is 2. The molecule has 2 aliphatic rings. The molecule has 0 unspecified atom stereocenters. The average molecular weight is 788 g/mol. The molecule has 3 amide bonds. The highest BCUT2D eigenvalue weighted by Crippen LogP contribution is 2.36. The summed E-state index contributed by atoms with van der Waals surface area (Å²) in [5, 5.41) is 8.55. The van der Waals surface area contributed by atoms with Crippen LogP contribution in [0.25, 0.3) is 0 Å². The predicted octanol–water partition coefficient (Wildman–Crippen LogP) is 5.53. The van der Waals surface area contributed by atoms with Crippen molar-refractivity contribution in [2.24, 2.45) is 5.92 Å². The Morgan fingerprint density at radius 3 is 2.43 bits per heavy atom. The lowest BCUT2D eigenvalue weighted by molar-refractivity contribution is -0.139. The van der Waals surface area contributed by atoms with Crippen LogP contribution in [-0.2, 0) is 23.8 Å². The molecule has 1 aliphatic heterocycles. The topological polar surface area (TPSA) is 149 Å². The summed E-state index contributed by atoms with van der Waals surface area (Å²) in [5.41, 5.74) is 0.793. The van der Waals surface area contributed by atoms with E-state index >= 15 is 0 Å². The zero-order chi connectivity index (χ0) is 39.1. The van der Waals surface area contributed by atoms with Crippen LogP contribution in [0.2, 0.25) is 25.7 Å². The van der Waals surface area contributed by atoms with Crippen molar-refractivity contribution < 1.29 is 38.1 Å². The molecular weight excluding hydrogens is 727 g/mol. The van der Waals surface area contributed by atoms with E-state index in [1.165, 1.54) is 16.2 Å². The van der Waals surface area contributed by atoms with E-state index in [4.69, 9.17) is 23.9 Å². The minimum atomic E-state index is -1.25. The Balaban J connectivity index is 1.21. The number of hydrogen-bond donors (Lipinski definition) is 2. The fourth-order valence-electron chi connectivity index (χ4n) is 6.53. The van der Waals surface area contributed by atoms with Gasteiger partial charge < -0.3 is 39.4 Å². The first-order valence-electron chi connectivity index (χ1n) is 19.4. The van der Waals surface area contributed by atoms with E-state index in [0.29, 0.717) is 69.7 Å². The van der Waals surface area contributed by atoms with Gasteiger partial charge in [0.2, 0.25) is 17.6 Å². The standard InChI is InChI=1S/C39H61N5O8SSi/c1-28(40-2)36(46)42-34(29-12-8-7-9-13-29)38(47)44-17-11-16-33(44)37-41-32(27-53-37)35(45)30-14-10-15-31(26-30)51-23-22-50-21-20-49-19-18-43(3)39(48)52-24-25-54(4,5)6/h10,14-15,26-29,33-34,40H,7-9,11-13,16-25H2,1-6H3,(H,42,46)/t28-,33-,34-/m0/s1. The number of nitrogens with one attached hydrogen (secondary N) is 2. The van der Waals surface area contributed by atoms with E-state index < -0.39 is 20.2 Å². The number of likely N-dealkylation sites (tertiary alicyclic amines) is 1. The number of carbonyl (C=O) groups is 4. The summed E-state index contributed by atoms with van der Waals surface area (Å²) in [6.45, 7) is 11.8. The number of ketones is 1. The van der Waals surface area contributed by atoms with E-state index in [1.807, 2.05) is 4.90 Å². The maximum Gasteiger partial charge on any atom is 0.409 e. The molecule has 15 heteroatoms. The normalized spacial score (nSPS) is 17.5. The molecule has 1 saturated heterocycles. The minimum Gasteiger partial charge on any atom is -0.491 e. The second kappa shape index (κ2) is 21.6. The molecule has 0 bridgehead atoms. The number of nitrogens with zero attached hydrogens (tertiary/aromatic N) is 3. The monoisotopic (exact) mass is 787 g/mol. The van der Waals surface area contributed by atoms with Crippen LogP contribution in [0.15, 0.2) is 29.6 Å². The van der Waals surface area contributed by atoms with Gasteiger partial charge in [0.25, 0.3) is 0 Å². The molecule has 0 spiro atoms. The molecule has 2 heterocycles. The van der Waals surface area contributed by atoms with E-state index in [2.05, 4.69) is 30.3 Å². The smallest absolute Gasteiger partial charge is 0.409 e. The van der Waals surface area contributed by atoms with Crippen molar-refractivity contribution >= 4 is 43.1 Å². The molecule has 2 aromatic rings. The number of hydrogen-bond acceptors (Lipinski definition) is 11. The highest BCUT2D eigenvalue weighted by molar-refractivity contribution is 7.10. The van der Waals surface area contributed by atoms with Crippen molar-refractivity contribution in [1.82, 2.24) is 25.4 Å². The predicted molar refractivity (Wildman–Crippen MR) is 212 cm³/mol. The van der Waals surface area contributed by atoms with Crippen molar-refractivity contribution in [2.45, 2.75) is 95.7 Å². The highest BCUT2D eigenvalue weighted by atomic mass is 32.1. The third kappa shape index (κ3) is 13.4. The molecule has 4 rings (SSSR count). The zero-order valence-corrected chi connectivity index (χ0v) is 34.8. The van der Waals surface area contributed by atoms with Crippen LogP contribution in [-0.4, -0.2) is 125 Å². The van der Waals surface area contributed by atoms with Crippen LogP contribution in [0, 0.1) is 5.92 Å². The Morgan fingerprint density at radius 1 is 0.981 bits per heavy atom. The molecule has 1 aromatic heterocycles. The van der Waals surface area contributed by atoms with E-state index in [-0.39, 0.29) is 35.7 Å². The summed E-state index contributed by atoms with van der Waals surface area (Å²) in [6, 6.07) is 6.74. The van der Waals surface area contributed by atoms with Gasteiger partial charge in [-0.05, 0) is 63.7 Å². The molecule has 1 saturated carbocycles. The third-order valence-electron chi connectivity index (χ3n) is 10.0. The fraction of sp³-hybridized carbons (Fsp3) is 0.667. The highest BCUT2D eigenvalue weighted by Gasteiger charge is 2.40. The quantitative estimate of drug-likeness (QED) is 0.0941. The molecule has 13 nitrogen and oxygen atoms in total. The fourth-order valence-corrected chi connectivity index (χ4v) is 8.19. The van der Waals surface area contributed by atoms with Gasteiger partial charge in [-0.25, -0.2) is 9.78 Å². The minimum absolute atomic E-state index is 0.0552. The van der Waals surface area contributed by atoms with Crippen LogP contribution in [0.3, 0.4) is 0 Å². The summed E-state index contributed by atoms with van der Waals surface area (Å²) in [5.74, 6) is 0.210. The number of rotatable bonds is 21. The summed E-state index contributed by atoms with van der Waals surface area (Å²) in [7, 11) is 2.19. The summed E-state index contributed by atoms with van der Waals surface area (Å²) in [6.07, 6.45) is 6.37. The Kier molecular flexibility index (Phi) is 17.4. The number of amides is 3. The van der Waals surface area contributed by atoms with Crippen molar-refractivity contribution in [2.75, 3.05) is 66.8 Å². The van der Waals surface area contributed by atoms with Crippen LogP contribution in [0.4, 0.5) is 4.79 Å². The van der Waals surface area contributed by atoms with Gasteiger partial charge in [0.05, 0.1) is 45.1 Å². The molecule has 3 atom stereocenters. The molecule has 1 aromatic carbocycles. The lowest BCUT2D eigenvalue weighted by Gasteiger charge is -2.35. The first-order valence-corrected chi connectivity index (χ1v) is 24.0. The number of thiazole rings is 1. The maximum atomic E-state index is 14.1. The molecule has 1 aliphatic carbocycles. The molecule has 2 N–H and O–H groups in total. The van der Waals surface area contributed by atoms with Gasteiger partial charge >= 0.3 is 6.09 Å². The second-order valence-corrected chi connectivity index (χ2v) is 21.9. The zero-order valence-electron chi connectivity index (χ0n) is 33.0. The third-order valence-corrected chi connectivity index (χ3v) is 12.7. The number of carbonyl (C=O) groups excluding carboxylic acids is 4. The van der Waals surface area contributed by atoms with Gasteiger partial charge in [0.15, 0.2) is 0 Å². The lowest BCUT2D eigenvalue weighted by Crippen LogP contribution is -2.55. The summed E-state index contributed by atoms with van der Waals surface area (Å²) < 4.78 is 22.4. The summed E-state index contributed by atoms with van der Waals surface area (Å²) in [4.78, 5) is 60.8. The Labute approximate surface area is 325 Å². The van der Waals surface area contributed by atoms with Crippen LogP contribution >= 0.6 is 11.3 Å². The van der Waals surface area contributed by atoms with Crippen molar-refractivity contribution in [1.29, 1.82) is 0 Å². The van der Waals surface area contributed by atoms with Crippen molar-refractivity contribution in [3.05, 3.63) is 45.9 Å². The second-order valence-electron chi connectivity index (χ2n) is 15.4. The van der Waals surface area contributed by atoms with Crippen LogP contribution in [0.1, 0.15) is 79.0 Å². The van der Waals surface area contributed by atoms with Crippen LogP contribution < -0.4 is 15.4 Å². The molecule has 300 valence electrons. The van der Waals surface area contributed by atoms with Gasteiger partial charge in [0.1, 0.15) is 29.1 Å². The van der Waals surface area contributed by atoms with Gasteiger partial charge in [-0.15, -0.1) is 11.3 Å². The lowest BCUT2D eigenvalue weighted by atomic mass is 9.83. The number of aromatic nitrogens is 1. The maximum absolute atomic E-state index is 14.1. The molecular formula is C39H61N5O8SSi. The van der Waals surface area contributed by atoms with E-state index in [1.54, 1.807) is 50.7 Å². The van der Waals surface area contributed by atoms with Crippen molar-refractivity contribution in [3.63, 3.8) is 0 Å². The van der Waals surface area contributed by atoms with Crippen molar-refractivity contribution in [3.8, 4) is 5.75 Å². The van der Waals surface area contributed by atoms with E-state index in [9.17, 15) is 19.2 Å². The van der Waals surface area contributed by atoms with Gasteiger partial charge in [-0.2, -0.15) is 0 Å². The number of benzene rings is 1. The molecule has 0 radical (unpaired) electrons. The largest absolute Gasteiger partial charge is 0.491 e. The summed E-state index contributed by atoms with van der Waals surface area (Å²) >= 11 is 1.39. The Hall–Kier alpha value is -3.37. The molecule has 54 heavy (non-hydrogen) atoms. The SMILES string of the molecule is CN[C@@H](C)C(=O)N[C@H](C(=O)N1CCC[C@H]1c1nc(C(=O)c2cccc(OCCOCCOCCN(C)C(=O)OCC[Si](C)(C)C)c2)cs1)C1CCCCC1. The number of ether oxygens (including phenoxy) is 4. The Bertz CT molecular complexity index is 1510.